The zero-order valence-corrected chi connectivity index (χ0v) is 15.2. The van der Waals surface area contributed by atoms with Crippen LogP contribution < -0.4 is 4.90 Å². The van der Waals surface area contributed by atoms with Crippen LogP contribution in [0.25, 0.3) is 11.6 Å². The van der Waals surface area contributed by atoms with Crippen molar-refractivity contribution in [3.8, 4) is 11.6 Å². The molecule has 0 radical (unpaired) electrons. The van der Waals surface area contributed by atoms with E-state index in [-0.39, 0.29) is 6.04 Å². The van der Waals surface area contributed by atoms with Gasteiger partial charge in [0.25, 0.3) is 0 Å². The second kappa shape index (κ2) is 6.05. The van der Waals surface area contributed by atoms with Crippen molar-refractivity contribution in [3.63, 3.8) is 0 Å². The number of hydrogen-bond donors (Lipinski definition) is 0. The standard InChI is InChI=1S/C17H19ClN8/c1-2-12-15-23-21-10-25(15)13-9-20-17(24-8-7-19-16(24)18)22-14(13)26(12)11-5-3-4-6-11/h7-12H,2-6H2,1H3. The summed E-state index contributed by atoms with van der Waals surface area (Å²) < 4.78 is 3.70. The van der Waals surface area contributed by atoms with Crippen LogP contribution >= 0.6 is 11.6 Å². The molecule has 26 heavy (non-hydrogen) atoms. The van der Waals surface area contributed by atoms with Crippen molar-refractivity contribution in [2.24, 2.45) is 0 Å². The molecule has 1 aliphatic heterocycles. The Bertz CT molecular complexity index is 942. The van der Waals surface area contributed by atoms with Crippen molar-refractivity contribution in [1.29, 1.82) is 0 Å². The first kappa shape index (κ1) is 15.7. The molecule has 1 fully saturated rings. The monoisotopic (exact) mass is 370 g/mol. The highest BCUT2D eigenvalue weighted by atomic mass is 35.5. The first-order valence-electron chi connectivity index (χ1n) is 9.02. The Balaban J connectivity index is 1.71. The van der Waals surface area contributed by atoms with Gasteiger partial charge >= 0.3 is 0 Å². The van der Waals surface area contributed by atoms with E-state index in [1.54, 1.807) is 23.3 Å². The van der Waals surface area contributed by atoms with Crippen molar-refractivity contribution in [1.82, 2.24) is 34.3 Å². The topological polar surface area (TPSA) is 77.5 Å². The van der Waals surface area contributed by atoms with Crippen LogP contribution in [0.4, 0.5) is 5.82 Å². The number of anilines is 1. The Labute approximate surface area is 155 Å². The Morgan fingerprint density at radius 3 is 2.77 bits per heavy atom. The second-order valence-corrected chi connectivity index (χ2v) is 7.11. The molecule has 1 saturated carbocycles. The fourth-order valence-corrected chi connectivity index (χ4v) is 4.37. The van der Waals surface area contributed by atoms with Crippen LogP contribution in [0.5, 0.6) is 0 Å². The molecule has 3 aromatic rings. The summed E-state index contributed by atoms with van der Waals surface area (Å²) in [5, 5.41) is 8.89. The van der Waals surface area contributed by atoms with Gasteiger partial charge in [-0.1, -0.05) is 19.8 Å². The van der Waals surface area contributed by atoms with Crippen LogP contribution in [0.2, 0.25) is 5.28 Å². The molecule has 1 aliphatic carbocycles. The van der Waals surface area contributed by atoms with E-state index in [0.29, 0.717) is 17.3 Å². The molecule has 1 atom stereocenters. The molecule has 1 unspecified atom stereocenters. The van der Waals surface area contributed by atoms with Gasteiger partial charge in [0.2, 0.25) is 11.2 Å². The van der Waals surface area contributed by atoms with Crippen molar-refractivity contribution >= 4 is 17.4 Å². The lowest BCUT2D eigenvalue weighted by atomic mass is 10.0. The summed E-state index contributed by atoms with van der Waals surface area (Å²) in [5.41, 5.74) is 0.918. The summed E-state index contributed by atoms with van der Waals surface area (Å²) in [6.45, 7) is 2.19. The van der Waals surface area contributed by atoms with Crippen LogP contribution in [-0.2, 0) is 0 Å². The maximum Gasteiger partial charge on any atom is 0.238 e. The fourth-order valence-electron chi connectivity index (χ4n) is 4.19. The van der Waals surface area contributed by atoms with Gasteiger partial charge < -0.3 is 4.90 Å². The molecular formula is C17H19ClN8. The fraction of sp³-hybridized carbons (Fsp3) is 0.471. The number of rotatable bonds is 3. The van der Waals surface area contributed by atoms with E-state index >= 15 is 0 Å². The predicted molar refractivity (Wildman–Crippen MR) is 96.8 cm³/mol. The van der Waals surface area contributed by atoms with Crippen molar-refractivity contribution in [2.75, 3.05) is 4.90 Å². The molecule has 3 aromatic heterocycles. The zero-order valence-electron chi connectivity index (χ0n) is 14.5. The summed E-state index contributed by atoms with van der Waals surface area (Å²) in [6, 6.07) is 0.624. The highest BCUT2D eigenvalue weighted by Crippen LogP contribution is 2.42. The SMILES string of the molecule is CCC1c2nncn2-c2cnc(-n3ccnc3Cl)nc2N1C1CCCC1. The summed E-state index contributed by atoms with van der Waals surface area (Å²) in [7, 11) is 0. The summed E-state index contributed by atoms with van der Waals surface area (Å²) in [4.78, 5) is 15.9. The molecule has 134 valence electrons. The van der Waals surface area contributed by atoms with Gasteiger partial charge in [0.05, 0.1) is 12.2 Å². The van der Waals surface area contributed by atoms with Gasteiger partial charge in [-0.05, 0) is 30.9 Å². The molecule has 0 N–H and O–H groups in total. The quantitative estimate of drug-likeness (QED) is 0.705. The van der Waals surface area contributed by atoms with E-state index in [1.807, 2.05) is 10.8 Å². The van der Waals surface area contributed by atoms with Gasteiger partial charge in [-0.2, -0.15) is 4.98 Å². The molecule has 0 spiro atoms. The summed E-state index contributed by atoms with van der Waals surface area (Å²) in [5.74, 6) is 2.41. The lowest BCUT2D eigenvalue weighted by molar-refractivity contribution is 0.468. The van der Waals surface area contributed by atoms with Crippen molar-refractivity contribution in [2.45, 2.75) is 51.1 Å². The van der Waals surface area contributed by atoms with Crippen LogP contribution in [0.3, 0.4) is 0 Å². The minimum Gasteiger partial charge on any atom is -0.341 e. The van der Waals surface area contributed by atoms with Gasteiger partial charge in [-0.15, -0.1) is 10.2 Å². The highest BCUT2D eigenvalue weighted by Gasteiger charge is 2.38. The van der Waals surface area contributed by atoms with E-state index in [4.69, 9.17) is 16.6 Å². The van der Waals surface area contributed by atoms with Crippen molar-refractivity contribution < 1.29 is 0 Å². The maximum atomic E-state index is 6.17. The number of hydrogen-bond acceptors (Lipinski definition) is 6. The minimum absolute atomic E-state index is 0.161. The average molecular weight is 371 g/mol. The summed E-state index contributed by atoms with van der Waals surface area (Å²) in [6.07, 6.45) is 12.8. The van der Waals surface area contributed by atoms with Gasteiger partial charge in [-0.25, -0.2) is 9.97 Å². The molecule has 8 nitrogen and oxygen atoms in total. The molecule has 0 amide bonds. The number of nitrogens with zero attached hydrogens (tertiary/aromatic N) is 8. The largest absolute Gasteiger partial charge is 0.341 e. The van der Waals surface area contributed by atoms with Crippen LogP contribution in [0.1, 0.15) is 50.9 Å². The van der Waals surface area contributed by atoms with E-state index in [0.717, 1.165) is 23.8 Å². The molecule has 9 heteroatoms. The molecule has 4 heterocycles. The third kappa shape index (κ3) is 2.25. The first-order chi connectivity index (χ1) is 12.8. The van der Waals surface area contributed by atoms with E-state index in [1.165, 1.54) is 25.7 Å². The predicted octanol–water partition coefficient (Wildman–Crippen LogP) is 3.11. The lowest BCUT2D eigenvalue weighted by Gasteiger charge is -2.40. The third-order valence-corrected chi connectivity index (χ3v) is 5.64. The summed E-state index contributed by atoms with van der Waals surface area (Å²) >= 11 is 6.17. The van der Waals surface area contributed by atoms with E-state index in [2.05, 4.69) is 32.0 Å². The molecule has 2 aliphatic rings. The Morgan fingerprint density at radius 1 is 1.19 bits per heavy atom. The number of imidazole rings is 1. The minimum atomic E-state index is 0.161. The number of fused-ring (bicyclic) bond motifs is 3. The smallest absolute Gasteiger partial charge is 0.238 e. The van der Waals surface area contributed by atoms with Crippen LogP contribution in [0, 0.1) is 0 Å². The average Bonchev–Trinajstić information content (AvgIpc) is 3.41. The Morgan fingerprint density at radius 2 is 2.04 bits per heavy atom. The molecule has 0 aromatic carbocycles. The van der Waals surface area contributed by atoms with Gasteiger partial charge in [-0.3, -0.25) is 9.13 Å². The normalized spacial score (nSPS) is 19.6. The zero-order chi connectivity index (χ0) is 17.7. The second-order valence-electron chi connectivity index (χ2n) is 6.77. The number of aromatic nitrogens is 7. The third-order valence-electron chi connectivity index (χ3n) is 5.37. The Kier molecular flexibility index (Phi) is 3.66. The van der Waals surface area contributed by atoms with E-state index in [9.17, 15) is 0 Å². The molecule has 5 rings (SSSR count). The maximum absolute atomic E-state index is 6.17. The van der Waals surface area contributed by atoms with Crippen LogP contribution in [-0.4, -0.2) is 40.3 Å². The molecular weight excluding hydrogens is 352 g/mol. The lowest BCUT2D eigenvalue weighted by Crippen LogP contribution is -2.42. The van der Waals surface area contributed by atoms with Gasteiger partial charge in [0.15, 0.2) is 11.6 Å². The van der Waals surface area contributed by atoms with Gasteiger partial charge in [0.1, 0.15) is 12.0 Å². The molecule has 0 bridgehead atoms. The number of halogens is 1. The molecule has 0 saturated heterocycles. The van der Waals surface area contributed by atoms with Gasteiger partial charge in [0, 0.05) is 18.4 Å². The highest BCUT2D eigenvalue weighted by molar-refractivity contribution is 6.28. The first-order valence-corrected chi connectivity index (χ1v) is 9.40. The Hall–Kier alpha value is -2.48. The van der Waals surface area contributed by atoms with Crippen LogP contribution in [0.15, 0.2) is 24.9 Å². The van der Waals surface area contributed by atoms with Crippen molar-refractivity contribution in [3.05, 3.63) is 36.0 Å². The van der Waals surface area contributed by atoms with E-state index < -0.39 is 0 Å².